The number of rotatable bonds is 42. The molecule has 6 aromatic rings. The van der Waals surface area contributed by atoms with Crippen LogP contribution in [0.15, 0.2) is 122 Å². The van der Waals surface area contributed by atoms with E-state index in [1.165, 1.54) is 6.92 Å². The van der Waals surface area contributed by atoms with E-state index in [1.54, 1.807) is 123 Å². The summed E-state index contributed by atoms with van der Waals surface area (Å²) in [6, 6.07) is 16.5. The van der Waals surface area contributed by atoms with Crippen LogP contribution in [0.4, 0.5) is 0 Å². The second-order valence-electron chi connectivity index (χ2n) is 28.7. The maximum Gasteiger partial charge on any atom is 0.331 e. The number of hydrogen-bond acceptors (Lipinski definition) is 19. The minimum Gasteiger partial charge on any atom is -0.458 e. The number of aromatic amines is 2. The summed E-state index contributed by atoms with van der Waals surface area (Å²) < 4.78 is 5.58. The molecular weight excluding hydrogens is 1470 g/mol. The molecule has 0 spiro atoms. The molecule has 7 rings (SSSR count). The van der Waals surface area contributed by atoms with Crippen LogP contribution < -0.4 is 86.7 Å². The van der Waals surface area contributed by atoms with Crippen molar-refractivity contribution in [3.8, 4) is 0 Å². The van der Waals surface area contributed by atoms with Gasteiger partial charge in [-0.2, -0.15) is 0 Å². The monoisotopic (exact) mass is 1580 g/mol. The minimum absolute atomic E-state index is 0.0290. The number of amides is 13. The van der Waals surface area contributed by atoms with Crippen molar-refractivity contribution in [3.05, 3.63) is 144 Å². The molecule has 34 nitrogen and oxygen atoms in total. The number of para-hydroxylation sites is 2. The molecule has 23 N–H and O–H groups in total. The SMILES string of the molecule is CCC(C)CCC(=O)N[C@H](CC(N)=O)C(=O)N[C@H](C(=O)N[C@H](Cc1c[nH]c2ccccc12)C(=O)N[C@H](CCCN)C(=O)N[C@@H](CCCN)C(=O)NCC(=O)N[C@H](CCCN)C(=O)N[C@@H](Cc1c[nH]c2ccccc12)C(=O)N[C@@H]1C(=O)N[C@@H]([C@@H](C)CC)C(=O)NCC(=O)N[C@@H](CO)C(=O)O[C@@H]1C)C(c1ccccc1)c1ccccc1. The lowest BCUT2D eigenvalue weighted by Gasteiger charge is -2.31. The maximum absolute atomic E-state index is 15.6. The molecule has 1 aliphatic rings. The van der Waals surface area contributed by atoms with Crippen molar-refractivity contribution in [2.75, 3.05) is 39.3 Å². The molecule has 0 radical (unpaired) electrons. The summed E-state index contributed by atoms with van der Waals surface area (Å²) in [5, 5.41) is 43.0. The van der Waals surface area contributed by atoms with Gasteiger partial charge < -0.3 is 107 Å². The van der Waals surface area contributed by atoms with E-state index in [0.29, 0.717) is 56.9 Å². The Labute approximate surface area is 660 Å². The molecule has 1 saturated heterocycles. The molecule has 3 heterocycles. The summed E-state index contributed by atoms with van der Waals surface area (Å²) in [7, 11) is 0. The van der Waals surface area contributed by atoms with Gasteiger partial charge in [-0.25, -0.2) is 4.79 Å². The van der Waals surface area contributed by atoms with Crippen LogP contribution in [-0.4, -0.2) is 204 Å². The zero-order valence-corrected chi connectivity index (χ0v) is 64.9. The van der Waals surface area contributed by atoms with Crippen LogP contribution >= 0.6 is 0 Å². The van der Waals surface area contributed by atoms with Gasteiger partial charge in [-0.15, -0.1) is 0 Å². The number of aromatic nitrogens is 2. The highest BCUT2D eigenvalue weighted by Gasteiger charge is 2.41. The highest BCUT2D eigenvalue weighted by atomic mass is 16.5. The first kappa shape index (κ1) is 89.6. The number of esters is 1. The predicted molar refractivity (Wildman–Crippen MR) is 424 cm³/mol. The number of nitrogens with two attached hydrogens (primary N) is 4. The number of ether oxygens (including phenoxy) is 1. The molecule has 13 atom stereocenters. The first-order chi connectivity index (χ1) is 54.7. The molecule has 2 aromatic heterocycles. The van der Waals surface area contributed by atoms with E-state index < -0.39 is 187 Å². The summed E-state index contributed by atoms with van der Waals surface area (Å²) in [5.41, 5.74) is 27.1. The number of benzene rings is 4. The van der Waals surface area contributed by atoms with E-state index >= 15 is 9.59 Å². The molecule has 34 heteroatoms. The summed E-state index contributed by atoms with van der Waals surface area (Å²) in [6.45, 7) is 6.38. The number of aliphatic hydroxyl groups excluding tert-OH is 1. The Morgan fingerprint density at radius 3 is 1.53 bits per heavy atom. The first-order valence-electron chi connectivity index (χ1n) is 38.7. The Balaban J connectivity index is 1.13. The number of H-pyrrole nitrogens is 2. The average Bonchev–Trinajstić information content (AvgIpc) is 1.22. The molecule has 0 aliphatic carbocycles. The summed E-state index contributed by atoms with van der Waals surface area (Å²) in [4.78, 5) is 205. The van der Waals surface area contributed by atoms with Gasteiger partial charge in [0.15, 0.2) is 6.04 Å². The lowest BCUT2D eigenvalue weighted by atomic mass is 9.84. The Morgan fingerprint density at radius 2 is 1.01 bits per heavy atom. The van der Waals surface area contributed by atoms with Crippen LogP contribution in [0, 0.1) is 11.8 Å². The standard InChI is InChI=1S/C80H110N18O16/c1-6-45(3)32-33-64(101)90-61(39-63(84)100)76(109)98-70(67(48-21-10-8-11-22-48)49-23-12-9-13-24-49)79(112)95-59(37-50-40-85-54-27-16-14-25-52(50)54)74(107)93-58(31-20-36-83)73(106)92-56(29-18-34-81)71(104)87-42-65(102)89-57(30-19-35-82)72(105)94-60(38-51-41-86-55-28-17-15-26-53(51)55)75(108)97-69-47(5)114-80(113)62(44-99)91-66(103)43-88-77(110)68(46(4)7-2)96-78(69)111/h8-17,21-28,40-41,45-47,56-62,67-70,85-86,99H,6-7,18-20,29-39,42-44,81-83H2,1-5H3,(H2,84,100)(H,87,104)(H,88,110)(H,89,102)(H,90,101)(H,91,103)(H,92,106)(H,93,107)(H,94,105)(H,95,112)(H,96,111)(H,97,108)(H,98,109)/t45?,46-,47+,56-,57+,58+,59+,60-,61+,62-,68-,69-,70-/m0/s1. The van der Waals surface area contributed by atoms with E-state index in [-0.39, 0.29) is 83.3 Å². The van der Waals surface area contributed by atoms with Gasteiger partial charge >= 0.3 is 5.97 Å². The summed E-state index contributed by atoms with van der Waals surface area (Å²) in [6.07, 6.45) is 2.45. The topological polar surface area (TPSA) is 548 Å². The molecule has 1 aliphatic heterocycles. The van der Waals surface area contributed by atoms with Crippen molar-refractivity contribution in [1.29, 1.82) is 0 Å². The Hall–Kier alpha value is -11.6. The molecular formula is C80H110N18O16. The van der Waals surface area contributed by atoms with Crippen molar-refractivity contribution in [2.45, 2.75) is 191 Å². The highest BCUT2D eigenvalue weighted by molar-refractivity contribution is 6.01. The molecule has 0 bridgehead atoms. The highest BCUT2D eigenvalue weighted by Crippen LogP contribution is 2.30. The quantitative estimate of drug-likeness (QED) is 0.0210. The predicted octanol–water partition coefficient (Wildman–Crippen LogP) is -0.751. The fourth-order valence-corrected chi connectivity index (χ4v) is 13.2. The lowest BCUT2D eigenvalue weighted by molar-refractivity contribution is -0.157. The molecule has 13 amide bonds. The molecule has 1 unspecified atom stereocenters. The van der Waals surface area contributed by atoms with Gasteiger partial charge in [0.05, 0.1) is 26.1 Å². The summed E-state index contributed by atoms with van der Waals surface area (Å²) in [5.74, 6) is -13.9. The van der Waals surface area contributed by atoms with Crippen molar-refractivity contribution in [2.24, 2.45) is 34.8 Å². The molecule has 1 fully saturated rings. The third-order valence-electron chi connectivity index (χ3n) is 20.1. The van der Waals surface area contributed by atoms with Crippen LogP contribution in [0.5, 0.6) is 0 Å². The number of fused-ring (bicyclic) bond motifs is 2. The first-order valence-corrected chi connectivity index (χ1v) is 38.7. The summed E-state index contributed by atoms with van der Waals surface area (Å²) >= 11 is 0. The fraction of sp³-hybridized carbons (Fsp3) is 0.475. The van der Waals surface area contributed by atoms with Crippen LogP contribution in [0.2, 0.25) is 0 Å². The largest absolute Gasteiger partial charge is 0.458 e. The van der Waals surface area contributed by atoms with Gasteiger partial charge in [-0.05, 0) is 118 Å². The van der Waals surface area contributed by atoms with Gasteiger partial charge in [0.2, 0.25) is 76.8 Å². The molecule has 4 aromatic carbocycles. The van der Waals surface area contributed by atoms with Crippen LogP contribution in [-0.2, 0) is 84.7 Å². The van der Waals surface area contributed by atoms with E-state index in [1.807, 2.05) is 26.0 Å². The lowest BCUT2D eigenvalue weighted by Crippen LogP contribution is -2.62. The number of aliphatic hydroxyl groups is 1. The van der Waals surface area contributed by atoms with Crippen LogP contribution in [0.3, 0.4) is 0 Å². The minimum atomic E-state index is -1.79. The second-order valence-corrected chi connectivity index (χ2v) is 28.7. The number of carbonyl (C=O) groups excluding carboxylic acids is 14. The van der Waals surface area contributed by atoms with Crippen LogP contribution in [0.25, 0.3) is 21.8 Å². The third kappa shape index (κ3) is 26.5. The second kappa shape index (κ2) is 45.2. The van der Waals surface area contributed by atoms with Crippen molar-refractivity contribution in [3.63, 3.8) is 0 Å². The third-order valence-corrected chi connectivity index (χ3v) is 20.1. The fourth-order valence-electron chi connectivity index (χ4n) is 13.2. The van der Waals surface area contributed by atoms with Gasteiger partial charge in [0.1, 0.15) is 60.5 Å². The molecule has 0 saturated carbocycles. The average molecular weight is 1580 g/mol. The Morgan fingerprint density at radius 1 is 0.535 bits per heavy atom. The molecule has 114 heavy (non-hydrogen) atoms. The number of hydrogen-bond donors (Lipinski definition) is 19. The number of primary amides is 1. The van der Waals surface area contributed by atoms with Gasteiger partial charge in [-0.3, -0.25) is 62.3 Å². The normalized spacial score (nSPS) is 17.7. The van der Waals surface area contributed by atoms with Gasteiger partial charge in [0, 0.05) is 59.4 Å². The number of nitrogens with one attached hydrogen (secondary N) is 14. The van der Waals surface area contributed by atoms with Crippen molar-refractivity contribution in [1.82, 2.24) is 73.8 Å². The van der Waals surface area contributed by atoms with E-state index in [2.05, 4.69) is 73.8 Å². The van der Waals surface area contributed by atoms with Gasteiger partial charge in [0.25, 0.3) is 0 Å². The van der Waals surface area contributed by atoms with E-state index in [0.717, 1.165) is 6.42 Å². The zero-order chi connectivity index (χ0) is 83.0. The molecule has 616 valence electrons. The zero-order valence-electron chi connectivity index (χ0n) is 64.9. The number of carbonyl (C=O) groups is 14. The Kier molecular flexibility index (Phi) is 35.5. The van der Waals surface area contributed by atoms with Crippen LogP contribution in [0.1, 0.15) is 133 Å². The van der Waals surface area contributed by atoms with Crippen molar-refractivity contribution < 1.29 is 77.0 Å². The smallest absolute Gasteiger partial charge is 0.331 e. The Bertz CT molecular complexity index is 4230. The van der Waals surface area contributed by atoms with Gasteiger partial charge in [-0.1, -0.05) is 138 Å². The van der Waals surface area contributed by atoms with Crippen molar-refractivity contribution >= 4 is 105 Å². The van der Waals surface area contributed by atoms with E-state index in [9.17, 15) is 62.6 Å². The number of cyclic esters (lactones) is 1. The van der Waals surface area contributed by atoms with E-state index in [4.69, 9.17) is 27.7 Å². The maximum atomic E-state index is 15.6.